The number of benzene rings is 1. The second-order valence-corrected chi connectivity index (χ2v) is 8.27. The van der Waals surface area contributed by atoms with Crippen molar-refractivity contribution in [1.29, 1.82) is 0 Å². The molecule has 0 aliphatic carbocycles. The lowest BCUT2D eigenvalue weighted by Crippen LogP contribution is -2.55. The fourth-order valence-corrected chi connectivity index (χ4v) is 4.31. The molecule has 1 aliphatic rings. The van der Waals surface area contributed by atoms with Crippen LogP contribution in [-0.2, 0) is 19.6 Å². The molecule has 2 rings (SSSR count). The van der Waals surface area contributed by atoms with Crippen LogP contribution in [0.4, 0.5) is 4.79 Å². The highest BCUT2D eigenvalue weighted by atomic mass is 35.5. The van der Waals surface area contributed by atoms with Gasteiger partial charge in [-0.05, 0) is 32.0 Å². The molecule has 1 aliphatic heterocycles. The van der Waals surface area contributed by atoms with Gasteiger partial charge in [0.2, 0.25) is 15.9 Å². The lowest BCUT2D eigenvalue weighted by molar-refractivity contribution is -0.134. The zero-order valence-electron chi connectivity index (χ0n) is 16.0. The first kappa shape index (κ1) is 22.3. The molecule has 1 saturated heterocycles. The summed E-state index contributed by atoms with van der Waals surface area (Å²) in [6.07, 6.45) is -0.417. The van der Waals surface area contributed by atoms with Crippen molar-refractivity contribution in [3.05, 3.63) is 23.2 Å². The largest absolute Gasteiger partial charge is 0.495 e. The molecule has 1 heterocycles. The van der Waals surface area contributed by atoms with Crippen LogP contribution in [0.15, 0.2) is 23.1 Å². The normalized spacial score (nSPS) is 15.9. The summed E-state index contributed by atoms with van der Waals surface area (Å²) >= 11 is 5.98. The minimum atomic E-state index is -3.94. The van der Waals surface area contributed by atoms with E-state index in [0.29, 0.717) is 31.9 Å². The summed E-state index contributed by atoms with van der Waals surface area (Å²) in [5.74, 6) is -0.0177. The topological polar surface area (TPSA) is 105 Å². The van der Waals surface area contributed by atoms with Crippen molar-refractivity contribution in [2.45, 2.75) is 24.8 Å². The Labute approximate surface area is 169 Å². The van der Waals surface area contributed by atoms with Gasteiger partial charge in [-0.3, -0.25) is 4.79 Å². The van der Waals surface area contributed by atoms with E-state index >= 15 is 0 Å². The Morgan fingerprint density at radius 2 is 1.82 bits per heavy atom. The Kier molecular flexibility index (Phi) is 7.50. The van der Waals surface area contributed by atoms with Gasteiger partial charge in [0.1, 0.15) is 5.75 Å². The minimum absolute atomic E-state index is 0.0647. The van der Waals surface area contributed by atoms with Gasteiger partial charge in [-0.1, -0.05) is 11.6 Å². The first-order valence-corrected chi connectivity index (χ1v) is 10.6. The summed E-state index contributed by atoms with van der Waals surface area (Å²) in [4.78, 5) is 27.3. The van der Waals surface area contributed by atoms with Crippen molar-refractivity contribution in [2.75, 3.05) is 39.9 Å². The number of nitrogens with one attached hydrogen (secondary N) is 1. The quantitative estimate of drug-likeness (QED) is 0.725. The smallest absolute Gasteiger partial charge is 0.409 e. The van der Waals surface area contributed by atoms with E-state index < -0.39 is 22.2 Å². The summed E-state index contributed by atoms with van der Waals surface area (Å²) in [5.41, 5.74) is 0. The predicted molar refractivity (Wildman–Crippen MR) is 103 cm³/mol. The summed E-state index contributed by atoms with van der Waals surface area (Å²) in [6.45, 7) is 4.75. The molecule has 2 amide bonds. The van der Waals surface area contributed by atoms with Crippen molar-refractivity contribution in [2.24, 2.45) is 0 Å². The van der Waals surface area contributed by atoms with Gasteiger partial charge in [-0.2, -0.15) is 4.72 Å². The van der Waals surface area contributed by atoms with Crippen LogP contribution < -0.4 is 9.46 Å². The van der Waals surface area contributed by atoms with Gasteiger partial charge in [0, 0.05) is 26.2 Å². The molecule has 0 aromatic heterocycles. The summed E-state index contributed by atoms with van der Waals surface area (Å²) in [7, 11) is -2.52. The van der Waals surface area contributed by atoms with E-state index in [2.05, 4.69) is 4.72 Å². The number of methoxy groups -OCH3 is 1. The Balaban J connectivity index is 1.98. The third-order valence-corrected chi connectivity index (χ3v) is 6.09. The SMILES string of the molecule is CCOC(=O)N1CCN(C(=O)[C@H](C)NS(=O)(=O)c2ccc(OC)c(Cl)c2)CC1. The van der Waals surface area contributed by atoms with Gasteiger partial charge in [-0.15, -0.1) is 0 Å². The Hall–Kier alpha value is -2.04. The lowest BCUT2D eigenvalue weighted by Gasteiger charge is -2.35. The van der Waals surface area contributed by atoms with Crippen LogP contribution in [0.25, 0.3) is 0 Å². The van der Waals surface area contributed by atoms with E-state index in [1.807, 2.05) is 0 Å². The number of ether oxygens (including phenoxy) is 2. The summed E-state index contributed by atoms with van der Waals surface area (Å²) in [5, 5.41) is 0.152. The van der Waals surface area contributed by atoms with Crippen LogP contribution in [0.3, 0.4) is 0 Å². The standard InChI is InChI=1S/C17H24ClN3O6S/c1-4-27-17(23)21-9-7-20(8-10-21)16(22)12(2)19-28(24,25)13-5-6-15(26-3)14(18)11-13/h5-6,11-12,19H,4,7-10H2,1-3H3/t12-/m0/s1. The van der Waals surface area contributed by atoms with Gasteiger partial charge < -0.3 is 19.3 Å². The van der Waals surface area contributed by atoms with Crippen LogP contribution in [0.2, 0.25) is 5.02 Å². The summed E-state index contributed by atoms with van der Waals surface area (Å²) < 4.78 is 37.4. The van der Waals surface area contributed by atoms with Gasteiger partial charge in [0.05, 0.1) is 29.7 Å². The molecule has 1 aromatic carbocycles. The van der Waals surface area contributed by atoms with Gasteiger partial charge in [-0.25, -0.2) is 13.2 Å². The third kappa shape index (κ3) is 5.27. The molecule has 0 saturated carbocycles. The van der Waals surface area contributed by atoms with Crippen LogP contribution in [0, 0.1) is 0 Å². The molecule has 11 heteroatoms. The predicted octanol–water partition coefficient (Wildman–Crippen LogP) is 1.32. The first-order valence-electron chi connectivity index (χ1n) is 8.76. The number of amides is 2. The van der Waals surface area contributed by atoms with Crippen molar-refractivity contribution >= 4 is 33.6 Å². The van der Waals surface area contributed by atoms with Crippen molar-refractivity contribution < 1.29 is 27.5 Å². The molecular weight excluding hydrogens is 410 g/mol. The average molecular weight is 434 g/mol. The molecular formula is C17H24ClN3O6S. The molecule has 1 atom stereocenters. The number of rotatable bonds is 6. The van der Waals surface area contributed by atoms with Crippen LogP contribution in [0.5, 0.6) is 5.75 Å². The van der Waals surface area contributed by atoms with E-state index in [9.17, 15) is 18.0 Å². The Morgan fingerprint density at radius 1 is 1.21 bits per heavy atom. The lowest BCUT2D eigenvalue weighted by atomic mass is 10.2. The van der Waals surface area contributed by atoms with E-state index in [1.54, 1.807) is 6.92 Å². The Bertz CT molecular complexity index is 824. The number of halogens is 1. The van der Waals surface area contributed by atoms with Crippen LogP contribution in [-0.4, -0.2) is 76.2 Å². The molecule has 0 spiro atoms. The molecule has 0 unspecified atom stereocenters. The van der Waals surface area contributed by atoms with E-state index in [4.69, 9.17) is 21.1 Å². The maximum atomic E-state index is 12.6. The van der Waals surface area contributed by atoms with Gasteiger partial charge >= 0.3 is 6.09 Å². The first-order chi connectivity index (χ1) is 13.2. The maximum absolute atomic E-state index is 12.6. The highest BCUT2D eigenvalue weighted by Gasteiger charge is 2.30. The van der Waals surface area contributed by atoms with Crippen LogP contribution in [0.1, 0.15) is 13.8 Å². The number of sulfonamides is 1. The average Bonchev–Trinajstić information content (AvgIpc) is 2.67. The highest BCUT2D eigenvalue weighted by Crippen LogP contribution is 2.27. The summed E-state index contributed by atoms with van der Waals surface area (Å²) in [6, 6.07) is 3.08. The zero-order valence-corrected chi connectivity index (χ0v) is 17.5. The van der Waals surface area contributed by atoms with Crippen LogP contribution >= 0.6 is 11.6 Å². The van der Waals surface area contributed by atoms with Crippen molar-refractivity contribution in [1.82, 2.24) is 14.5 Å². The molecule has 156 valence electrons. The van der Waals surface area contributed by atoms with Gasteiger partial charge in [0.15, 0.2) is 0 Å². The van der Waals surface area contributed by atoms with Crippen molar-refractivity contribution in [3.8, 4) is 5.75 Å². The molecule has 1 fully saturated rings. The molecule has 9 nitrogen and oxygen atoms in total. The minimum Gasteiger partial charge on any atom is -0.495 e. The third-order valence-electron chi connectivity index (χ3n) is 4.25. The fourth-order valence-electron chi connectivity index (χ4n) is 2.76. The van der Waals surface area contributed by atoms with E-state index in [1.165, 1.54) is 42.0 Å². The zero-order chi connectivity index (χ0) is 20.9. The molecule has 1 N–H and O–H groups in total. The van der Waals surface area contributed by atoms with E-state index in [-0.39, 0.29) is 22.4 Å². The number of hydrogen-bond acceptors (Lipinski definition) is 6. The fraction of sp³-hybridized carbons (Fsp3) is 0.529. The van der Waals surface area contributed by atoms with Gasteiger partial charge in [0.25, 0.3) is 0 Å². The Morgan fingerprint density at radius 3 is 2.36 bits per heavy atom. The molecule has 0 radical (unpaired) electrons. The highest BCUT2D eigenvalue weighted by molar-refractivity contribution is 7.89. The molecule has 1 aromatic rings. The number of piperazine rings is 1. The van der Waals surface area contributed by atoms with Crippen molar-refractivity contribution in [3.63, 3.8) is 0 Å². The molecule has 28 heavy (non-hydrogen) atoms. The monoisotopic (exact) mass is 433 g/mol. The number of hydrogen-bond donors (Lipinski definition) is 1. The number of nitrogens with zero attached hydrogens (tertiary/aromatic N) is 2. The number of carbonyl (C=O) groups is 2. The number of carbonyl (C=O) groups excluding carboxylic acids is 2. The second-order valence-electron chi connectivity index (χ2n) is 6.15. The maximum Gasteiger partial charge on any atom is 0.409 e. The van der Waals surface area contributed by atoms with E-state index in [0.717, 1.165) is 0 Å². The second kappa shape index (κ2) is 9.44. The molecule has 0 bridgehead atoms.